The molecule has 26 heavy (non-hydrogen) atoms. The van der Waals surface area contributed by atoms with Gasteiger partial charge in [-0.2, -0.15) is 0 Å². The van der Waals surface area contributed by atoms with Gasteiger partial charge in [-0.1, -0.05) is 18.2 Å². The summed E-state index contributed by atoms with van der Waals surface area (Å²) in [5, 5.41) is 12.6. The van der Waals surface area contributed by atoms with Crippen molar-refractivity contribution in [1.82, 2.24) is 10.2 Å². The number of piperazine rings is 1. The molecular formula is C19H23ClN2O4. The van der Waals surface area contributed by atoms with E-state index in [0.29, 0.717) is 18.8 Å². The monoisotopic (exact) mass is 378 g/mol. The maximum Gasteiger partial charge on any atom is 0.261 e. The Morgan fingerprint density at radius 3 is 2.69 bits per heavy atom. The highest BCUT2D eigenvalue weighted by atomic mass is 35.5. The van der Waals surface area contributed by atoms with E-state index >= 15 is 0 Å². The van der Waals surface area contributed by atoms with Gasteiger partial charge in [-0.15, -0.1) is 12.4 Å². The summed E-state index contributed by atoms with van der Waals surface area (Å²) >= 11 is 0. The zero-order valence-corrected chi connectivity index (χ0v) is 15.4. The molecule has 1 amide bonds. The molecule has 1 aliphatic rings. The van der Waals surface area contributed by atoms with E-state index in [4.69, 9.17) is 9.47 Å². The molecule has 0 aromatic heterocycles. The van der Waals surface area contributed by atoms with Gasteiger partial charge in [0.25, 0.3) is 5.91 Å². The van der Waals surface area contributed by atoms with Gasteiger partial charge in [0, 0.05) is 25.2 Å². The number of aromatic hydroxyl groups is 1. The van der Waals surface area contributed by atoms with Gasteiger partial charge in [-0.05, 0) is 30.3 Å². The van der Waals surface area contributed by atoms with Crippen molar-refractivity contribution in [2.45, 2.75) is 6.04 Å². The highest BCUT2D eigenvalue weighted by molar-refractivity contribution is 5.85. The van der Waals surface area contributed by atoms with Crippen LogP contribution in [0.2, 0.25) is 0 Å². The molecular weight excluding hydrogens is 356 g/mol. The first-order chi connectivity index (χ1) is 12.2. The Bertz CT molecular complexity index is 724. The maximum atomic E-state index is 12.7. The number of nitrogens with zero attached hydrogens (tertiary/aromatic N) is 1. The summed E-state index contributed by atoms with van der Waals surface area (Å²) in [7, 11) is 1.63. The Kier molecular flexibility index (Phi) is 7.12. The summed E-state index contributed by atoms with van der Waals surface area (Å²) in [4.78, 5) is 14.5. The summed E-state index contributed by atoms with van der Waals surface area (Å²) in [5.41, 5.74) is 0.982. The number of phenolic OH excluding ortho intramolecular Hbond substituents is 1. The van der Waals surface area contributed by atoms with Gasteiger partial charge >= 0.3 is 0 Å². The normalized spacial score (nSPS) is 16.5. The van der Waals surface area contributed by atoms with Gasteiger partial charge in [0.05, 0.1) is 13.2 Å². The molecule has 3 rings (SSSR count). The molecule has 1 heterocycles. The third kappa shape index (κ3) is 4.59. The van der Waals surface area contributed by atoms with Gasteiger partial charge < -0.3 is 24.8 Å². The largest absolute Gasteiger partial charge is 0.508 e. The highest BCUT2D eigenvalue weighted by Gasteiger charge is 2.29. The van der Waals surface area contributed by atoms with Crippen LogP contribution in [0.5, 0.6) is 17.2 Å². The number of nitrogens with one attached hydrogen (secondary N) is 1. The van der Waals surface area contributed by atoms with Crippen LogP contribution in [-0.2, 0) is 4.79 Å². The number of methoxy groups -OCH3 is 1. The van der Waals surface area contributed by atoms with E-state index < -0.39 is 0 Å². The van der Waals surface area contributed by atoms with E-state index in [2.05, 4.69) is 5.32 Å². The van der Waals surface area contributed by atoms with E-state index in [-0.39, 0.29) is 36.7 Å². The minimum Gasteiger partial charge on any atom is -0.508 e. The van der Waals surface area contributed by atoms with Crippen molar-refractivity contribution >= 4 is 18.3 Å². The molecule has 0 spiro atoms. The summed E-state index contributed by atoms with van der Waals surface area (Å²) < 4.78 is 11.0. The summed E-state index contributed by atoms with van der Waals surface area (Å²) in [6, 6.07) is 14.0. The van der Waals surface area contributed by atoms with Crippen LogP contribution in [0.3, 0.4) is 0 Å². The van der Waals surface area contributed by atoms with Crippen LogP contribution in [-0.4, -0.2) is 49.3 Å². The fourth-order valence-corrected chi connectivity index (χ4v) is 2.99. The molecule has 1 saturated heterocycles. The quantitative estimate of drug-likeness (QED) is 0.835. The molecule has 6 nitrogen and oxygen atoms in total. The predicted octanol–water partition coefficient (Wildman–Crippen LogP) is 2.37. The van der Waals surface area contributed by atoms with Crippen LogP contribution in [0.15, 0.2) is 48.5 Å². The molecule has 1 fully saturated rings. The van der Waals surface area contributed by atoms with Crippen LogP contribution < -0.4 is 14.8 Å². The number of benzene rings is 2. The van der Waals surface area contributed by atoms with Crippen LogP contribution in [0, 0.1) is 0 Å². The van der Waals surface area contributed by atoms with Crippen molar-refractivity contribution < 1.29 is 19.4 Å². The number of carbonyl (C=O) groups excluding carboxylic acids is 1. The minimum atomic E-state index is -0.0965. The lowest BCUT2D eigenvalue weighted by atomic mass is 10.0. The topological polar surface area (TPSA) is 71.0 Å². The predicted molar refractivity (Wildman–Crippen MR) is 101 cm³/mol. The molecule has 1 aliphatic heterocycles. The summed E-state index contributed by atoms with van der Waals surface area (Å²) in [6.45, 7) is 1.98. The van der Waals surface area contributed by atoms with Crippen molar-refractivity contribution in [3.63, 3.8) is 0 Å². The average molecular weight is 379 g/mol. The van der Waals surface area contributed by atoms with Crippen molar-refractivity contribution in [1.29, 1.82) is 0 Å². The van der Waals surface area contributed by atoms with E-state index in [1.165, 1.54) is 12.1 Å². The van der Waals surface area contributed by atoms with E-state index in [9.17, 15) is 9.90 Å². The van der Waals surface area contributed by atoms with Crippen LogP contribution in [0.1, 0.15) is 11.6 Å². The standard InChI is InChI=1S/C19H22N2O4.ClH/c1-24-18-5-3-2-4-16(18)17-12-20-10-11-21(17)19(23)13-25-15-8-6-14(22)7-9-15;/h2-9,17,20,22H,10-13H2,1H3;1H. The smallest absolute Gasteiger partial charge is 0.261 e. The number of carbonyl (C=O) groups is 1. The lowest BCUT2D eigenvalue weighted by Crippen LogP contribution is -2.50. The Balaban J connectivity index is 0.00000243. The first kappa shape index (κ1) is 19.9. The Hall–Kier alpha value is -2.44. The lowest BCUT2D eigenvalue weighted by molar-refractivity contribution is -0.136. The van der Waals surface area contributed by atoms with Crippen LogP contribution in [0.25, 0.3) is 0 Å². The fraction of sp³-hybridized carbons (Fsp3) is 0.316. The summed E-state index contributed by atoms with van der Waals surface area (Å²) in [6.07, 6.45) is 0. The molecule has 2 aromatic rings. The van der Waals surface area contributed by atoms with Crippen molar-refractivity contribution in [3.8, 4) is 17.2 Å². The Morgan fingerprint density at radius 2 is 1.96 bits per heavy atom. The highest BCUT2D eigenvalue weighted by Crippen LogP contribution is 2.30. The van der Waals surface area contributed by atoms with E-state index in [1.807, 2.05) is 29.2 Å². The Morgan fingerprint density at radius 1 is 1.23 bits per heavy atom. The van der Waals surface area contributed by atoms with Crippen molar-refractivity contribution in [2.24, 2.45) is 0 Å². The van der Waals surface area contributed by atoms with E-state index in [1.54, 1.807) is 19.2 Å². The van der Waals surface area contributed by atoms with Crippen LogP contribution >= 0.6 is 12.4 Å². The molecule has 0 radical (unpaired) electrons. The van der Waals surface area contributed by atoms with Gasteiger partial charge in [0.15, 0.2) is 6.61 Å². The van der Waals surface area contributed by atoms with Gasteiger partial charge in [-0.25, -0.2) is 0 Å². The molecule has 1 unspecified atom stereocenters. The zero-order valence-electron chi connectivity index (χ0n) is 14.6. The molecule has 2 N–H and O–H groups in total. The van der Waals surface area contributed by atoms with Crippen molar-refractivity contribution in [2.75, 3.05) is 33.4 Å². The fourth-order valence-electron chi connectivity index (χ4n) is 2.99. The second-order valence-corrected chi connectivity index (χ2v) is 5.83. The number of halogens is 1. The number of phenols is 1. The van der Waals surface area contributed by atoms with Crippen molar-refractivity contribution in [3.05, 3.63) is 54.1 Å². The number of rotatable bonds is 5. The zero-order chi connectivity index (χ0) is 17.6. The molecule has 2 aromatic carbocycles. The number of amides is 1. The summed E-state index contributed by atoms with van der Waals surface area (Å²) in [5.74, 6) is 1.41. The SMILES string of the molecule is COc1ccccc1C1CNCCN1C(=O)COc1ccc(O)cc1.Cl. The average Bonchev–Trinajstić information content (AvgIpc) is 2.67. The maximum absolute atomic E-state index is 12.7. The third-order valence-electron chi connectivity index (χ3n) is 4.26. The molecule has 0 aliphatic carbocycles. The number of hydrogen-bond donors (Lipinski definition) is 2. The first-order valence-corrected chi connectivity index (χ1v) is 8.24. The Labute approximate surface area is 159 Å². The minimum absolute atomic E-state index is 0. The molecule has 140 valence electrons. The molecule has 0 saturated carbocycles. The second-order valence-electron chi connectivity index (χ2n) is 5.83. The number of hydrogen-bond acceptors (Lipinski definition) is 5. The molecule has 7 heteroatoms. The second kappa shape index (κ2) is 9.31. The molecule has 1 atom stereocenters. The van der Waals surface area contributed by atoms with Gasteiger partial charge in [0.1, 0.15) is 17.2 Å². The third-order valence-corrected chi connectivity index (χ3v) is 4.26. The molecule has 0 bridgehead atoms. The van der Waals surface area contributed by atoms with Crippen LogP contribution in [0.4, 0.5) is 0 Å². The van der Waals surface area contributed by atoms with Gasteiger partial charge in [-0.3, -0.25) is 4.79 Å². The lowest BCUT2D eigenvalue weighted by Gasteiger charge is -2.37. The number of para-hydroxylation sites is 1. The first-order valence-electron chi connectivity index (χ1n) is 8.24. The van der Waals surface area contributed by atoms with E-state index in [0.717, 1.165) is 17.9 Å². The van der Waals surface area contributed by atoms with Gasteiger partial charge in [0.2, 0.25) is 0 Å². The number of ether oxygens (including phenoxy) is 2.